The van der Waals surface area contributed by atoms with Crippen molar-refractivity contribution in [1.29, 1.82) is 5.26 Å². The van der Waals surface area contributed by atoms with Crippen LogP contribution in [0.25, 0.3) is 11.7 Å². The van der Waals surface area contributed by atoms with Gasteiger partial charge in [-0.05, 0) is 44.2 Å². The number of hydrogen-bond acceptors (Lipinski definition) is 6. The van der Waals surface area contributed by atoms with E-state index in [-0.39, 0.29) is 23.6 Å². The Bertz CT molecular complexity index is 1150. The lowest BCUT2D eigenvalue weighted by atomic mass is 10.2. The lowest BCUT2D eigenvalue weighted by Gasteiger charge is -2.10. The number of nitriles is 1. The van der Waals surface area contributed by atoms with Gasteiger partial charge in [-0.15, -0.1) is 0 Å². The number of fused-ring (bicyclic) bond motifs is 1. The minimum absolute atomic E-state index is 0.00268. The van der Waals surface area contributed by atoms with Crippen molar-refractivity contribution in [1.82, 2.24) is 9.38 Å². The van der Waals surface area contributed by atoms with Gasteiger partial charge in [0.15, 0.2) is 0 Å². The summed E-state index contributed by atoms with van der Waals surface area (Å²) in [5.41, 5.74) is 0.624. The number of aromatic nitrogens is 2. The molecule has 3 aromatic rings. The van der Waals surface area contributed by atoms with E-state index in [0.717, 1.165) is 11.6 Å². The summed E-state index contributed by atoms with van der Waals surface area (Å²) in [4.78, 5) is 29.3. The number of aryl methyl sites for hydroxylation is 1. The van der Waals surface area contributed by atoms with E-state index in [1.54, 1.807) is 49.5 Å². The molecule has 28 heavy (non-hydrogen) atoms. The summed E-state index contributed by atoms with van der Waals surface area (Å²) in [5.74, 6) is -0.344. The zero-order valence-corrected chi connectivity index (χ0v) is 15.4. The number of hydrogen-bond donors (Lipinski definition) is 0. The Balaban J connectivity index is 2.19. The molecule has 140 valence electrons. The van der Waals surface area contributed by atoms with Crippen molar-refractivity contribution in [3.05, 3.63) is 75.7 Å². The fourth-order valence-corrected chi connectivity index (χ4v) is 2.49. The third-order valence-corrected chi connectivity index (χ3v) is 3.87. The van der Waals surface area contributed by atoms with Crippen LogP contribution in [0.4, 0.5) is 0 Å². The monoisotopic (exact) mass is 375 g/mol. The quantitative estimate of drug-likeness (QED) is 0.386. The van der Waals surface area contributed by atoms with Crippen molar-refractivity contribution in [2.45, 2.75) is 13.8 Å². The summed E-state index contributed by atoms with van der Waals surface area (Å²) in [7, 11) is 0. The Kier molecular flexibility index (Phi) is 5.51. The minimum Gasteiger partial charge on any atom is -0.462 e. The fourth-order valence-electron chi connectivity index (χ4n) is 2.49. The van der Waals surface area contributed by atoms with Gasteiger partial charge in [0, 0.05) is 6.20 Å². The molecule has 0 unspecified atom stereocenters. The maximum atomic E-state index is 13.0. The lowest BCUT2D eigenvalue weighted by molar-refractivity contribution is -0.137. The van der Waals surface area contributed by atoms with E-state index in [0.29, 0.717) is 11.4 Å². The van der Waals surface area contributed by atoms with Crippen LogP contribution in [0.15, 0.2) is 59.0 Å². The highest BCUT2D eigenvalue weighted by molar-refractivity contribution is 5.98. The molecule has 7 nitrogen and oxygen atoms in total. The highest BCUT2D eigenvalue weighted by atomic mass is 16.5. The number of carbonyl (C=O) groups excluding carboxylic acids is 1. The van der Waals surface area contributed by atoms with E-state index in [1.807, 2.05) is 19.1 Å². The van der Waals surface area contributed by atoms with Crippen molar-refractivity contribution in [2.24, 2.45) is 0 Å². The Labute approximate surface area is 161 Å². The van der Waals surface area contributed by atoms with Crippen molar-refractivity contribution >= 4 is 17.7 Å². The molecule has 0 radical (unpaired) electrons. The molecule has 0 saturated heterocycles. The average molecular weight is 375 g/mol. The molecule has 3 rings (SSSR count). The molecular weight excluding hydrogens is 358 g/mol. The molecule has 2 aromatic heterocycles. The average Bonchev–Trinajstić information content (AvgIpc) is 2.70. The molecule has 0 amide bonds. The highest BCUT2D eigenvalue weighted by Gasteiger charge is 2.17. The van der Waals surface area contributed by atoms with Gasteiger partial charge in [-0.2, -0.15) is 10.2 Å². The predicted octanol–water partition coefficient (Wildman–Crippen LogP) is 3.27. The number of benzene rings is 1. The molecule has 0 atom stereocenters. The zero-order valence-electron chi connectivity index (χ0n) is 15.4. The van der Waals surface area contributed by atoms with Crippen LogP contribution in [0.3, 0.4) is 0 Å². The van der Waals surface area contributed by atoms with E-state index in [2.05, 4.69) is 4.98 Å². The molecule has 0 aliphatic carbocycles. The van der Waals surface area contributed by atoms with E-state index in [9.17, 15) is 14.9 Å². The maximum Gasteiger partial charge on any atom is 0.348 e. The van der Waals surface area contributed by atoms with Crippen LogP contribution in [0.2, 0.25) is 0 Å². The minimum atomic E-state index is -0.816. The van der Waals surface area contributed by atoms with Crippen molar-refractivity contribution < 1.29 is 14.3 Å². The van der Waals surface area contributed by atoms with Crippen LogP contribution in [0.5, 0.6) is 11.6 Å². The number of ether oxygens (including phenoxy) is 2. The number of nitrogens with zero attached hydrogens (tertiary/aromatic N) is 3. The van der Waals surface area contributed by atoms with Crippen LogP contribution in [-0.4, -0.2) is 22.0 Å². The first-order valence-corrected chi connectivity index (χ1v) is 8.58. The first-order valence-electron chi connectivity index (χ1n) is 8.58. The Morgan fingerprint density at radius 1 is 1.25 bits per heavy atom. The summed E-state index contributed by atoms with van der Waals surface area (Å²) in [5, 5.41) is 9.31. The number of pyridine rings is 1. The van der Waals surface area contributed by atoms with Crippen LogP contribution < -0.4 is 10.3 Å². The van der Waals surface area contributed by atoms with E-state index >= 15 is 0 Å². The SMILES string of the molecule is CCOC(=O)/C(C#N)=C/c1c(Oc2ccc(C)cc2)nc2ccccn2c1=O. The summed E-state index contributed by atoms with van der Waals surface area (Å²) >= 11 is 0. The van der Waals surface area contributed by atoms with Crippen LogP contribution in [0.1, 0.15) is 18.1 Å². The molecule has 0 bridgehead atoms. The van der Waals surface area contributed by atoms with Crippen molar-refractivity contribution in [2.75, 3.05) is 6.61 Å². The summed E-state index contributed by atoms with van der Waals surface area (Å²) in [6.07, 6.45) is 2.70. The van der Waals surface area contributed by atoms with Gasteiger partial charge in [0.2, 0.25) is 5.88 Å². The molecule has 0 aliphatic rings. The molecule has 7 heteroatoms. The maximum absolute atomic E-state index is 13.0. The van der Waals surface area contributed by atoms with Gasteiger partial charge >= 0.3 is 5.97 Å². The second-order valence-corrected chi connectivity index (χ2v) is 5.87. The first-order chi connectivity index (χ1) is 13.5. The third-order valence-electron chi connectivity index (χ3n) is 3.87. The van der Waals surface area contributed by atoms with E-state index in [4.69, 9.17) is 9.47 Å². The number of rotatable bonds is 5. The molecule has 0 fully saturated rings. The Morgan fingerprint density at radius 2 is 2.00 bits per heavy atom. The Hall–Kier alpha value is -3.92. The largest absolute Gasteiger partial charge is 0.462 e. The summed E-state index contributed by atoms with van der Waals surface area (Å²) in [6, 6.07) is 14.1. The van der Waals surface area contributed by atoms with E-state index < -0.39 is 11.5 Å². The topological polar surface area (TPSA) is 93.7 Å². The third kappa shape index (κ3) is 3.91. The van der Waals surface area contributed by atoms with Gasteiger partial charge in [0.1, 0.15) is 28.6 Å². The molecule has 1 aromatic carbocycles. The van der Waals surface area contributed by atoms with Crippen LogP contribution in [-0.2, 0) is 9.53 Å². The fraction of sp³-hybridized carbons (Fsp3) is 0.143. The second kappa shape index (κ2) is 8.18. The van der Waals surface area contributed by atoms with Crippen molar-refractivity contribution in [3.8, 4) is 17.7 Å². The molecule has 0 spiro atoms. The molecule has 0 N–H and O–H groups in total. The first kappa shape index (κ1) is 18.9. The lowest BCUT2D eigenvalue weighted by Crippen LogP contribution is -2.19. The van der Waals surface area contributed by atoms with Gasteiger partial charge in [-0.25, -0.2) is 4.79 Å². The molecular formula is C21H17N3O4. The normalized spacial score (nSPS) is 11.1. The predicted molar refractivity (Wildman–Crippen MR) is 103 cm³/mol. The van der Waals surface area contributed by atoms with Crippen molar-refractivity contribution in [3.63, 3.8) is 0 Å². The Morgan fingerprint density at radius 3 is 2.68 bits per heavy atom. The van der Waals surface area contributed by atoms with E-state index in [1.165, 1.54) is 4.40 Å². The van der Waals surface area contributed by atoms with Gasteiger partial charge in [-0.1, -0.05) is 23.8 Å². The summed E-state index contributed by atoms with van der Waals surface area (Å²) in [6.45, 7) is 3.68. The number of carbonyl (C=O) groups is 1. The summed E-state index contributed by atoms with van der Waals surface area (Å²) < 4.78 is 12.0. The molecule has 0 aliphatic heterocycles. The smallest absolute Gasteiger partial charge is 0.348 e. The molecule has 0 saturated carbocycles. The van der Waals surface area contributed by atoms with Gasteiger partial charge in [0.25, 0.3) is 5.56 Å². The molecule has 2 heterocycles. The van der Waals surface area contributed by atoms with Gasteiger partial charge in [-0.3, -0.25) is 9.20 Å². The standard InChI is InChI=1S/C21H17N3O4/c1-3-27-21(26)15(13-22)12-17-19(28-16-9-7-14(2)8-10-16)23-18-6-4-5-11-24(18)20(17)25/h4-12H,3H2,1-2H3/b15-12+. The number of esters is 1. The highest BCUT2D eigenvalue weighted by Crippen LogP contribution is 2.24. The van der Waals surface area contributed by atoms with Gasteiger partial charge in [0.05, 0.1) is 6.61 Å². The zero-order chi connectivity index (χ0) is 20.1. The van der Waals surface area contributed by atoms with Gasteiger partial charge < -0.3 is 9.47 Å². The van der Waals surface area contributed by atoms with Crippen LogP contribution >= 0.6 is 0 Å². The second-order valence-electron chi connectivity index (χ2n) is 5.87. The van der Waals surface area contributed by atoms with Crippen LogP contribution in [0, 0.1) is 18.3 Å².